The van der Waals surface area contributed by atoms with E-state index in [1.54, 1.807) is 14.1 Å². The zero-order valence-electron chi connectivity index (χ0n) is 7.87. The summed E-state index contributed by atoms with van der Waals surface area (Å²) in [6.45, 7) is 0. The third-order valence-corrected chi connectivity index (χ3v) is 1.93. The molecule has 0 spiro atoms. The molecular formula is C10H14N2O. The molecule has 13 heavy (non-hydrogen) atoms. The van der Waals surface area contributed by atoms with Crippen LogP contribution in [0.3, 0.4) is 0 Å². The highest BCUT2D eigenvalue weighted by Crippen LogP contribution is 2.11. The fourth-order valence-electron chi connectivity index (χ4n) is 1.24. The molecule has 1 amide bonds. The van der Waals surface area contributed by atoms with Crippen molar-refractivity contribution in [2.24, 2.45) is 0 Å². The standard InChI is InChI=1S/C10H14N2O/c1-11-9(10(13)12-2)8-6-4-3-5-7-8/h3-7,9,11H,1-2H3,(H,12,13)/t9-/m1/s1. The molecule has 0 aliphatic carbocycles. The minimum absolute atomic E-state index is 0.0197. The lowest BCUT2D eigenvalue weighted by Gasteiger charge is -2.14. The maximum absolute atomic E-state index is 11.4. The fourth-order valence-corrected chi connectivity index (χ4v) is 1.24. The molecule has 0 saturated carbocycles. The first kappa shape index (κ1) is 9.74. The average Bonchev–Trinajstić information content (AvgIpc) is 2.20. The van der Waals surface area contributed by atoms with Gasteiger partial charge in [-0.15, -0.1) is 0 Å². The molecule has 2 N–H and O–H groups in total. The highest BCUT2D eigenvalue weighted by atomic mass is 16.2. The number of benzene rings is 1. The Morgan fingerprint density at radius 1 is 1.23 bits per heavy atom. The van der Waals surface area contributed by atoms with Gasteiger partial charge in [0.2, 0.25) is 5.91 Å². The zero-order valence-corrected chi connectivity index (χ0v) is 7.87. The first-order valence-corrected chi connectivity index (χ1v) is 4.23. The third-order valence-electron chi connectivity index (χ3n) is 1.93. The van der Waals surface area contributed by atoms with E-state index in [-0.39, 0.29) is 11.9 Å². The van der Waals surface area contributed by atoms with Gasteiger partial charge in [-0.2, -0.15) is 0 Å². The molecule has 0 aliphatic heterocycles. The molecule has 1 atom stereocenters. The van der Waals surface area contributed by atoms with E-state index in [9.17, 15) is 4.79 Å². The molecule has 3 heteroatoms. The van der Waals surface area contributed by atoms with E-state index in [0.717, 1.165) is 5.56 Å². The Morgan fingerprint density at radius 3 is 2.31 bits per heavy atom. The van der Waals surface area contributed by atoms with E-state index in [1.165, 1.54) is 0 Å². The normalized spacial score (nSPS) is 12.2. The SMILES string of the molecule is CNC(=O)[C@H](NC)c1ccccc1. The highest BCUT2D eigenvalue weighted by Gasteiger charge is 2.15. The fraction of sp³-hybridized carbons (Fsp3) is 0.300. The van der Waals surface area contributed by atoms with E-state index >= 15 is 0 Å². The predicted octanol–water partition coefficient (Wildman–Crippen LogP) is 0.693. The van der Waals surface area contributed by atoms with Crippen LogP contribution in [0, 0.1) is 0 Å². The molecule has 0 radical (unpaired) electrons. The molecule has 1 aromatic rings. The monoisotopic (exact) mass is 178 g/mol. The van der Waals surface area contributed by atoms with Gasteiger partial charge in [0.25, 0.3) is 0 Å². The van der Waals surface area contributed by atoms with E-state index in [1.807, 2.05) is 30.3 Å². The van der Waals surface area contributed by atoms with Gasteiger partial charge in [0, 0.05) is 7.05 Å². The summed E-state index contributed by atoms with van der Waals surface area (Å²) in [5.74, 6) is -0.0197. The lowest BCUT2D eigenvalue weighted by Crippen LogP contribution is -2.33. The largest absolute Gasteiger partial charge is 0.358 e. The van der Waals surface area contributed by atoms with Crippen molar-refractivity contribution < 1.29 is 4.79 Å². The van der Waals surface area contributed by atoms with Crippen LogP contribution in [0.5, 0.6) is 0 Å². The zero-order chi connectivity index (χ0) is 9.68. The lowest BCUT2D eigenvalue weighted by atomic mass is 10.1. The second-order valence-corrected chi connectivity index (χ2v) is 2.75. The van der Waals surface area contributed by atoms with Gasteiger partial charge in [-0.05, 0) is 12.6 Å². The number of hydrogen-bond donors (Lipinski definition) is 2. The molecule has 1 aromatic carbocycles. The molecule has 0 aromatic heterocycles. The maximum atomic E-state index is 11.4. The summed E-state index contributed by atoms with van der Waals surface area (Å²) in [6, 6.07) is 9.36. The summed E-state index contributed by atoms with van der Waals surface area (Å²) in [4.78, 5) is 11.4. The molecule has 0 heterocycles. The Labute approximate surface area is 78.2 Å². The van der Waals surface area contributed by atoms with E-state index in [4.69, 9.17) is 0 Å². The van der Waals surface area contributed by atoms with Gasteiger partial charge >= 0.3 is 0 Å². The summed E-state index contributed by atoms with van der Waals surface area (Å²) >= 11 is 0. The lowest BCUT2D eigenvalue weighted by molar-refractivity contribution is -0.122. The Kier molecular flexibility index (Phi) is 3.46. The number of hydrogen-bond acceptors (Lipinski definition) is 2. The van der Waals surface area contributed by atoms with Crippen LogP contribution in [-0.2, 0) is 4.79 Å². The second-order valence-electron chi connectivity index (χ2n) is 2.75. The van der Waals surface area contributed by atoms with Crippen LogP contribution in [-0.4, -0.2) is 20.0 Å². The first-order chi connectivity index (χ1) is 6.29. The molecule has 3 nitrogen and oxygen atoms in total. The van der Waals surface area contributed by atoms with Crippen LogP contribution in [0.15, 0.2) is 30.3 Å². The molecule has 0 saturated heterocycles. The van der Waals surface area contributed by atoms with Crippen molar-refractivity contribution in [1.82, 2.24) is 10.6 Å². The predicted molar refractivity (Wildman–Crippen MR) is 52.3 cm³/mol. The van der Waals surface area contributed by atoms with Crippen LogP contribution in [0.1, 0.15) is 11.6 Å². The van der Waals surface area contributed by atoms with Crippen molar-refractivity contribution in [3.63, 3.8) is 0 Å². The molecule has 0 aliphatic rings. The molecule has 70 valence electrons. The number of carbonyl (C=O) groups is 1. The van der Waals surface area contributed by atoms with Crippen LogP contribution in [0.2, 0.25) is 0 Å². The van der Waals surface area contributed by atoms with Crippen molar-refractivity contribution in [3.05, 3.63) is 35.9 Å². The smallest absolute Gasteiger partial charge is 0.241 e. The Hall–Kier alpha value is -1.35. The van der Waals surface area contributed by atoms with Gasteiger partial charge in [0.1, 0.15) is 6.04 Å². The second kappa shape index (κ2) is 4.62. The van der Waals surface area contributed by atoms with Crippen molar-refractivity contribution >= 4 is 5.91 Å². The maximum Gasteiger partial charge on any atom is 0.241 e. The van der Waals surface area contributed by atoms with E-state index in [0.29, 0.717) is 0 Å². The van der Waals surface area contributed by atoms with E-state index in [2.05, 4.69) is 10.6 Å². The minimum atomic E-state index is -0.258. The minimum Gasteiger partial charge on any atom is -0.358 e. The molecule has 0 unspecified atom stereocenters. The van der Waals surface area contributed by atoms with E-state index < -0.39 is 0 Å². The van der Waals surface area contributed by atoms with Gasteiger partial charge in [0.05, 0.1) is 0 Å². The summed E-state index contributed by atoms with van der Waals surface area (Å²) in [6.07, 6.45) is 0. The van der Waals surface area contributed by atoms with Crippen LogP contribution in [0.4, 0.5) is 0 Å². The first-order valence-electron chi connectivity index (χ1n) is 4.23. The summed E-state index contributed by atoms with van der Waals surface area (Å²) in [7, 11) is 3.41. The number of rotatable bonds is 3. The molecule has 1 rings (SSSR count). The van der Waals surface area contributed by atoms with Crippen molar-refractivity contribution in [1.29, 1.82) is 0 Å². The van der Waals surface area contributed by atoms with Crippen LogP contribution >= 0.6 is 0 Å². The van der Waals surface area contributed by atoms with Crippen LogP contribution in [0.25, 0.3) is 0 Å². The summed E-state index contributed by atoms with van der Waals surface area (Å²) < 4.78 is 0. The molecule has 0 bridgehead atoms. The van der Waals surface area contributed by atoms with Gasteiger partial charge in [0.15, 0.2) is 0 Å². The van der Waals surface area contributed by atoms with Crippen LogP contribution < -0.4 is 10.6 Å². The topological polar surface area (TPSA) is 41.1 Å². The van der Waals surface area contributed by atoms with Gasteiger partial charge in [-0.1, -0.05) is 30.3 Å². The summed E-state index contributed by atoms with van der Waals surface area (Å²) in [5.41, 5.74) is 0.976. The molecular weight excluding hydrogens is 164 g/mol. The number of carbonyl (C=O) groups excluding carboxylic acids is 1. The van der Waals surface area contributed by atoms with Gasteiger partial charge < -0.3 is 10.6 Å². The highest BCUT2D eigenvalue weighted by molar-refractivity contribution is 5.82. The average molecular weight is 178 g/mol. The number of nitrogens with one attached hydrogen (secondary N) is 2. The summed E-state index contributed by atoms with van der Waals surface area (Å²) in [5, 5.41) is 5.57. The van der Waals surface area contributed by atoms with Gasteiger partial charge in [-0.3, -0.25) is 4.79 Å². The quantitative estimate of drug-likeness (QED) is 0.715. The molecule has 0 fully saturated rings. The third kappa shape index (κ3) is 2.29. The number of likely N-dealkylation sites (N-methyl/N-ethyl adjacent to an activating group) is 2. The van der Waals surface area contributed by atoms with Gasteiger partial charge in [-0.25, -0.2) is 0 Å². The Balaban J connectivity index is 2.85. The van der Waals surface area contributed by atoms with Crippen molar-refractivity contribution in [2.75, 3.05) is 14.1 Å². The Bertz CT molecular complexity index is 272. The number of amides is 1. The Morgan fingerprint density at radius 2 is 1.85 bits per heavy atom. The van der Waals surface area contributed by atoms with Crippen molar-refractivity contribution in [3.8, 4) is 0 Å². The van der Waals surface area contributed by atoms with Crippen molar-refractivity contribution in [2.45, 2.75) is 6.04 Å².